The Bertz CT molecular complexity index is 639. The Balaban J connectivity index is 0.00000161. The number of fused-ring (bicyclic) bond motifs is 1. The van der Waals surface area contributed by atoms with Gasteiger partial charge in [-0.05, 0) is 25.5 Å². The Hall–Kier alpha value is -1.86. The van der Waals surface area contributed by atoms with Crippen molar-refractivity contribution in [2.45, 2.75) is 18.9 Å². The molecule has 8 heteroatoms. The molecule has 1 aromatic carbocycles. The molecular weight excluding hydrogens is 296 g/mol. The number of likely N-dealkylation sites (N-methyl/N-ethyl adjacent to an activating group) is 1. The van der Waals surface area contributed by atoms with E-state index in [4.69, 9.17) is 4.42 Å². The van der Waals surface area contributed by atoms with Crippen LogP contribution in [0.5, 0.6) is 0 Å². The molecule has 0 bridgehead atoms. The van der Waals surface area contributed by atoms with E-state index in [1.807, 2.05) is 11.9 Å². The molecule has 1 aliphatic rings. The van der Waals surface area contributed by atoms with E-state index in [2.05, 4.69) is 10.3 Å². The van der Waals surface area contributed by atoms with Crippen LogP contribution in [0.2, 0.25) is 0 Å². The highest BCUT2D eigenvalue weighted by atomic mass is 35.5. The predicted octanol–water partition coefficient (Wildman–Crippen LogP) is 2.35. The average molecular weight is 313 g/mol. The zero-order valence-corrected chi connectivity index (χ0v) is 12.4. The molecule has 1 atom stereocenters. The van der Waals surface area contributed by atoms with Gasteiger partial charge >= 0.3 is 0 Å². The highest BCUT2D eigenvalue weighted by molar-refractivity contribution is 5.85. The minimum Gasteiger partial charge on any atom is -0.423 e. The molecule has 1 saturated heterocycles. The number of non-ortho nitro benzene ring substituents is 1. The maximum absolute atomic E-state index is 10.7. The summed E-state index contributed by atoms with van der Waals surface area (Å²) in [5.74, 6) is 0. The van der Waals surface area contributed by atoms with Crippen LogP contribution < -0.4 is 10.2 Å². The monoisotopic (exact) mass is 312 g/mol. The van der Waals surface area contributed by atoms with Gasteiger partial charge in [-0.15, -0.1) is 12.4 Å². The number of hydrogen-bond donors (Lipinski definition) is 1. The first kappa shape index (κ1) is 15.5. The number of aromatic nitrogens is 1. The van der Waals surface area contributed by atoms with Gasteiger partial charge in [-0.25, -0.2) is 0 Å². The van der Waals surface area contributed by atoms with Gasteiger partial charge in [0.05, 0.1) is 4.92 Å². The van der Waals surface area contributed by atoms with Gasteiger partial charge in [-0.2, -0.15) is 4.98 Å². The van der Waals surface area contributed by atoms with Crippen LogP contribution in [0.1, 0.15) is 12.8 Å². The van der Waals surface area contributed by atoms with Crippen molar-refractivity contribution in [1.29, 1.82) is 0 Å². The van der Waals surface area contributed by atoms with Crippen molar-refractivity contribution in [3.05, 3.63) is 28.3 Å². The van der Waals surface area contributed by atoms with Crippen LogP contribution in [-0.2, 0) is 0 Å². The first-order valence-electron chi connectivity index (χ1n) is 6.63. The SMILES string of the molecule is CN(CC1CCCN1)c1nc2cc([N+](=O)[O-])ccc2o1.Cl. The summed E-state index contributed by atoms with van der Waals surface area (Å²) in [6.07, 6.45) is 2.34. The Morgan fingerprint density at radius 1 is 1.57 bits per heavy atom. The topological polar surface area (TPSA) is 84.4 Å². The minimum atomic E-state index is -0.431. The third-order valence-corrected chi connectivity index (χ3v) is 3.55. The number of rotatable bonds is 4. The van der Waals surface area contributed by atoms with Gasteiger partial charge in [0.15, 0.2) is 5.58 Å². The Kier molecular flexibility index (Phi) is 4.64. The summed E-state index contributed by atoms with van der Waals surface area (Å²) >= 11 is 0. The van der Waals surface area contributed by atoms with Crippen molar-refractivity contribution in [3.8, 4) is 0 Å². The summed E-state index contributed by atoms with van der Waals surface area (Å²) in [4.78, 5) is 16.6. The van der Waals surface area contributed by atoms with Gasteiger partial charge < -0.3 is 14.6 Å². The van der Waals surface area contributed by atoms with Crippen LogP contribution in [0.15, 0.2) is 22.6 Å². The van der Waals surface area contributed by atoms with Gasteiger partial charge in [0.1, 0.15) is 5.52 Å². The number of anilines is 1. The van der Waals surface area contributed by atoms with Gasteiger partial charge in [-0.1, -0.05) is 0 Å². The molecule has 0 spiro atoms. The van der Waals surface area contributed by atoms with Crippen LogP contribution in [-0.4, -0.2) is 36.1 Å². The van der Waals surface area contributed by atoms with E-state index in [1.54, 1.807) is 6.07 Å². The first-order valence-corrected chi connectivity index (χ1v) is 6.63. The van der Waals surface area contributed by atoms with Crippen molar-refractivity contribution in [3.63, 3.8) is 0 Å². The molecule has 1 N–H and O–H groups in total. The third-order valence-electron chi connectivity index (χ3n) is 3.55. The molecular formula is C13H17ClN4O3. The van der Waals surface area contributed by atoms with E-state index < -0.39 is 4.92 Å². The Morgan fingerprint density at radius 3 is 3.05 bits per heavy atom. The summed E-state index contributed by atoms with van der Waals surface area (Å²) < 4.78 is 5.64. The first-order chi connectivity index (χ1) is 9.63. The van der Waals surface area contributed by atoms with Crippen molar-refractivity contribution in [1.82, 2.24) is 10.3 Å². The van der Waals surface area contributed by atoms with Crippen LogP contribution in [0.4, 0.5) is 11.7 Å². The molecule has 0 saturated carbocycles. The zero-order valence-electron chi connectivity index (χ0n) is 11.6. The lowest BCUT2D eigenvalue weighted by Gasteiger charge is -2.19. The molecule has 1 aliphatic heterocycles. The van der Waals surface area contributed by atoms with E-state index >= 15 is 0 Å². The van der Waals surface area contributed by atoms with E-state index in [0.717, 1.165) is 19.5 Å². The molecule has 2 heterocycles. The normalized spacial score (nSPS) is 17.7. The van der Waals surface area contributed by atoms with Gasteiger partial charge in [0, 0.05) is 31.8 Å². The van der Waals surface area contributed by atoms with Crippen molar-refractivity contribution >= 4 is 35.2 Å². The Labute approximate surface area is 127 Å². The van der Waals surface area contributed by atoms with Crippen LogP contribution in [0.3, 0.4) is 0 Å². The number of halogens is 1. The maximum atomic E-state index is 10.7. The fourth-order valence-electron chi connectivity index (χ4n) is 2.50. The number of nitro benzene ring substituents is 1. The van der Waals surface area contributed by atoms with E-state index in [-0.39, 0.29) is 18.1 Å². The predicted molar refractivity (Wildman–Crippen MR) is 82.2 cm³/mol. The maximum Gasteiger partial charge on any atom is 0.298 e. The molecule has 0 aliphatic carbocycles. The standard InChI is InChI=1S/C13H16N4O3.ClH/c1-16(8-9-3-2-6-14-9)13-15-11-7-10(17(18)19)4-5-12(11)20-13;/h4-5,7,9,14H,2-3,6,8H2,1H3;1H. The van der Waals surface area contributed by atoms with Gasteiger partial charge in [-0.3, -0.25) is 10.1 Å². The smallest absolute Gasteiger partial charge is 0.298 e. The number of nitro groups is 1. The summed E-state index contributed by atoms with van der Waals surface area (Å²) in [6.45, 7) is 1.87. The minimum absolute atomic E-state index is 0. The van der Waals surface area contributed by atoms with Crippen LogP contribution in [0, 0.1) is 10.1 Å². The second-order valence-electron chi connectivity index (χ2n) is 5.08. The van der Waals surface area contributed by atoms with Gasteiger partial charge in [0.2, 0.25) is 0 Å². The van der Waals surface area contributed by atoms with Crippen LogP contribution >= 0.6 is 12.4 Å². The van der Waals surface area contributed by atoms with Crippen LogP contribution in [0.25, 0.3) is 11.1 Å². The number of oxazole rings is 1. The Morgan fingerprint density at radius 2 is 2.38 bits per heavy atom. The molecule has 7 nitrogen and oxygen atoms in total. The molecule has 2 aromatic rings. The summed E-state index contributed by atoms with van der Waals surface area (Å²) in [7, 11) is 1.92. The number of nitrogens with one attached hydrogen (secondary N) is 1. The second-order valence-corrected chi connectivity index (χ2v) is 5.08. The van der Waals surface area contributed by atoms with Crippen molar-refractivity contribution < 1.29 is 9.34 Å². The molecule has 21 heavy (non-hydrogen) atoms. The molecule has 114 valence electrons. The fraction of sp³-hybridized carbons (Fsp3) is 0.462. The molecule has 1 fully saturated rings. The molecule has 1 unspecified atom stereocenters. The molecule has 0 radical (unpaired) electrons. The van der Waals surface area contributed by atoms with E-state index in [1.165, 1.54) is 18.6 Å². The number of hydrogen-bond acceptors (Lipinski definition) is 6. The van der Waals surface area contributed by atoms with Crippen molar-refractivity contribution in [2.75, 3.05) is 25.0 Å². The summed E-state index contributed by atoms with van der Waals surface area (Å²) in [6, 6.07) is 5.39. The van der Waals surface area contributed by atoms with Gasteiger partial charge in [0.25, 0.3) is 11.7 Å². The zero-order chi connectivity index (χ0) is 14.1. The molecule has 1 aromatic heterocycles. The third kappa shape index (κ3) is 3.25. The highest BCUT2D eigenvalue weighted by Gasteiger charge is 2.19. The lowest BCUT2D eigenvalue weighted by Crippen LogP contribution is -2.35. The highest BCUT2D eigenvalue weighted by Crippen LogP contribution is 2.25. The summed E-state index contributed by atoms with van der Waals surface area (Å²) in [5, 5.41) is 14.2. The lowest BCUT2D eigenvalue weighted by atomic mass is 10.2. The summed E-state index contributed by atoms with van der Waals surface area (Å²) in [5.41, 5.74) is 1.11. The molecule has 0 amide bonds. The quantitative estimate of drug-likeness (QED) is 0.689. The van der Waals surface area contributed by atoms with E-state index in [0.29, 0.717) is 23.2 Å². The fourth-order valence-corrected chi connectivity index (χ4v) is 2.50. The average Bonchev–Trinajstić information content (AvgIpc) is 3.05. The van der Waals surface area contributed by atoms with E-state index in [9.17, 15) is 10.1 Å². The second kappa shape index (κ2) is 6.28. The van der Waals surface area contributed by atoms with Crippen molar-refractivity contribution in [2.24, 2.45) is 0 Å². The lowest BCUT2D eigenvalue weighted by molar-refractivity contribution is -0.384. The number of nitrogens with zero attached hydrogens (tertiary/aromatic N) is 3. The largest absolute Gasteiger partial charge is 0.423 e. The molecule has 3 rings (SSSR count). The number of benzene rings is 1.